The largest absolute Gasteiger partial charge is 0.493 e. The topological polar surface area (TPSA) is 73.9 Å². The number of hydrogen-bond donors (Lipinski definition) is 1. The van der Waals surface area contributed by atoms with Crippen molar-refractivity contribution in [2.45, 2.75) is 19.9 Å². The van der Waals surface area contributed by atoms with Gasteiger partial charge in [-0.15, -0.1) is 0 Å². The summed E-state index contributed by atoms with van der Waals surface area (Å²) in [4.78, 5) is 24.2. The van der Waals surface area contributed by atoms with Crippen molar-refractivity contribution in [3.8, 4) is 11.5 Å². The lowest BCUT2D eigenvalue weighted by atomic mass is 10.1. The van der Waals surface area contributed by atoms with E-state index >= 15 is 0 Å². The summed E-state index contributed by atoms with van der Waals surface area (Å²) in [7, 11) is 1.48. The molecule has 0 bridgehead atoms. The zero-order valence-electron chi connectivity index (χ0n) is 15.5. The number of methoxy groups -OCH3 is 1. The van der Waals surface area contributed by atoms with Crippen LogP contribution in [0.3, 0.4) is 0 Å². The van der Waals surface area contributed by atoms with E-state index in [4.69, 9.17) is 25.8 Å². The average molecular weight is 392 g/mol. The molecule has 2 aromatic rings. The van der Waals surface area contributed by atoms with Gasteiger partial charge in [-0.25, -0.2) is 4.79 Å². The van der Waals surface area contributed by atoms with Crippen LogP contribution in [0.5, 0.6) is 11.5 Å². The molecule has 7 heteroatoms. The van der Waals surface area contributed by atoms with Crippen molar-refractivity contribution >= 4 is 23.5 Å². The third-order valence-electron chi connectivity index (χ3n) is 3.76. The average Bonchev–Trinajstić information content (AvgIpc) is 2.66. The van der Waals surface area contributed by atoms with E-state index in [9.17, 15) is 9.59 Å². The Balaban J connectivity index is 1.92. The van der Waals surface area contributed by atoms with E-state index in [-0.39, 0.29) is 18.2 Å². The Morgan fingerprint density at radius 2 is 1.93 bits per heavy atom. The second-order valence-electron chi connectivity index (χ2n) is 5.72. The summed E-state index contributed by atoms with van der Waals surface area (Å²) in [5, 5.41) is 3.35. The number of esters is 1. The summed E-state index contributed by atoms with van der Waals surface area (Å²) >= 11 is 5.95. The van der Waals surface area contributed by atoms with Crippen LogP contribution in [0.1, 0.15) is 35.8 Å². The summed E-state index contributed by atoms with van der Waals surface area (Å²) in [6, 6.07) is 11.6. The molecule has 27 heavy (non-hydrogen) atoms. The fourth-order valence-electron chi connectivity index (χ4n) is 2.43. The van der Waals surface area contributed by atoms with Crippen LogP contribution in [-0.4, -0.2) is 32.2 Å². The van der Waals surface area contributed by atoms with Crippen LogP contribution in [0.2, 0.25) is 5.02 Å². The number of carbonyl (C=O) groups is 2. The van der Waals surface area contributed by atoms with Crippen molar-refractivity contribution in [2.24, 2.45) is 0 Å². The predicted octanol–water partition coefficient (Wildman–Crippen LogP) is 3.78. The molecule has 0 fully saturated rings. The van der Waals surface area contributed by atoms with Crippen LogP contribution in [0.15, 0.2) is 42.5 Å². The Labute approximate surface area is 163 Å². The number of ether oxygens (including phenoxy) is 3. The molecule has 0 aliphatic rings. The van der Waals surface area contributed by atoms with E-state index in [1.54, 1.807) is 30.3 Å². The molecule has 0 aliphatic carbocycles. The van der Waals surface area contributed by atoms with E-state index < -0.39 is 11.9 Å². The minimum atomic E-state index is -0.623. The van der Waals surface area contributed by atoms with E-state index in [0.29, 0.717) is 23.1 Å². The summed E-state index contributed by atoms with van der Waals surface area (Å²) in [6.07, 6.45) is 0. The fraction of sp³-hybridized carbons (Fsp3) is 0.300. The molecule has 2 rings (SSSR count). The second kappa shape index (κ2) is 9.83. The Bertz CT molecular complexity index is 809. The molecule has 0 saturated heterocycles. The highest BCUT2D eigenvalue weighted by Crippen LogP contribution is 2.28. The summed E-state index contributed by atoms with van der Waals surface area (Å²) in [5.74, 6) is -0.0781. The van der Waals surface area contributed by atoms with Gasteiger partial charge in [-0.1, -0.05) is 23.7 Å². The molecule has 1 atom stereocenters. The van der Waals surface area contributed by atoms with Gasteiger partial charge < -0.3 is 19.5 Å². The molecule has 0 aromatic heterocycles. The first-order chi connectivity index (χ1) is 12.9. The van der Waals surface area contributed by atoms with Crippen LogP contribution >= 0.6 is 11.6 Å². The van der Waals surface area contributed by atoms with Crippen molar-refractivity contribution in [2.75, 3.05) is 20.3 Å². The van der Waals surface area contributed by atoms with Crippen molar-refractivity contribution in [3.63, 3.8) is 0 Å². The Morgan fingerprint density at radius 3 is 2.59 bits per heavy atom. The van der Waals surface area contributed by atoms with Crippen molar-refractivity contribution < 1.29 is 23.8 Å². The predicted molar refractivity (Wildman–Crippen MR) is 102 cm³/mol. The molecule has 0 aliphatic heterocycles. The Hall–Kier alpha value is -2.73. The normalized spacial score (nSPS) is 11.4. The molecule has 2 aromatic carbocycles. The number of halogens is 1. The molecule has 144 valence electrons. The van der Waals surface area contributed by atoms with Gasteiger partial charge in [-0.05, 0) is 49.7 Å². The van der Waals surface area contributed by atoms with E-state index in [1.807, 2.05) is 19.9 Å². The zero-order chi connectivity index (χ0) is 19.8. The van der Waals surface area contributed by atoms with Crippen molar-refractivity contribution in [1.29, 1.82) is 0 Å². The minimum absolute atomic E-state index is 0.263. The van der Waals surface area contributed by atoms with Gasteiger partial charge in [0.15, 0.2) is 18.1 Å². The van der Waals surface area contributed by atoms with Gasteiger partial charge in [0.25, 0.3) is 5.91 Å². The number of nitrogens with one attached hydrogen (secondary N) is 1. The third kappa shape index (κ3) is 5.89. The highest BCUT2D eigenvalue weighted by Gasteiger charge is 2.15. The van der Waals surface area contributed by atoms with Crippen LogP contribution < -0.4 is 14.8 Å². The van der Waals surface area contributed by atoms with E-state index in [1.165, 1.54) is 13.2 Å². The summed E-state index contributed by atoms with van der Waals surface area (Å²) in [5.41, 5.74) is 1.13. The fourth-order valence-corrected chi connectivity index (χ4v) is 2.62. The molecule has 0 heterocycles. The highest BCUT2D eigenvalue weighted by atomic mass is 35.5. The number of carbonyl (C=O) groups excluding carboxylic acids is 2. The van der Waals surface area contributed by atoms with Gasteiger partial charge in [0.1, 0.15) is 0 Å². The molecule has 1 amide bonds. The van der Waals surface area contributed by atoms with E-state index in [0.717, 1.165) is 5.56 Å². The Morgan fingerprint density at radius 1 is 1.15 bits per heavy atom. The third-order valence-corrected chi connectivity index (χ3v) is 3.99. The summed E-state index contributed by atoms with van der Waals surface area (Å²) in [6.45, 7) is 3.76. The van der Waals surface area contributed by atoms with Crippen molar-refractivity contribution in [3.05, 3.63) is 58.6 Å². The lowest BCUT2D eigenvalue weighted by Crippen LogP contribution is -2.31. The van der Waals surface area contributed by atoms with Gasteiger partial charge in [0.05, 0.1) is 25.3 Å². The second-order valence-corrected chi connectivity index (χ2v) is 6.16. The van der Waals surface area contributed by atoms with Crippen LogP contribution in [0.4, 0.5) is 0 Å². The highest BCUT2D eigenvalue weighted by molar-refractivity contribution is 6.30. The maximum Gasteiger partial charge on any atom is 0.338 e. The van der Waals surface area contributed by atoms with Crippen LogP contribution in [0, 0.1) is 0 Å². The maximum atomic E-state index is 12.2. The molecule has 0 unspecified atom stereocenters. The SMILES string of the molecule is CCOc1ccc(C(=O)OCC(=O)N[C@@H](C)c2cccc(Cl)c2)cc1OC. The first kappa shape index (κ1) is 20.6. The molecular weight excluding hydrogens is 370 g/mol. The van der Waals surface area contributed by atoms with Gasteiger partial charge in [-0.3, -0.25) is 4.79 Å². The van der Waals surface area contributed by atoms with Crippen LogP contribution in [-0.2, 0) is 9.53 Å². The maximum absolute atomic E-state index is 12.2. The van der Waals surface area contributed by atoms with Crippen molar-refractivity contribution in [1.82, 2.24) is 5.32 Å². The quantitative estimate of drug-likeness (QED) is 0.693. The molecule has 6 nitrogen and oxygen atoms in total. The number of amides is 1. The molecular formula is C20H22ClNO5. The van der Waals surface area contributed by atoms with Gasteiger partial charge in [0.2, 0.25) is 0 Å². The summed E-state index contributed by atoms with van der Waals surface area (Å²) < 4.78 is 15.7. The lowest BCUT2D eigenvalue weighted by Gasteiger charge is -2.15. The molecule has 1 N–H and O–H groups in total. The Kier molecular flexibility index (Phi) is 7.49. The smallest absolute Gasteiger partial charge is 0.338 e. The number of hydrogen-bond acceptors (Lipinski definition) is 5. The van der Waals surface area contributed by atoms with E-state index in [2.05, 4.69) is 5.32 Å². The zero-order valence-corrected chi connectivity index (χ0v) is 16.2. The van der Waals surface area contributed by atoms with Gasteiger partial charge in [0, 0.05) is 5.02 Å². The standard InChI is InChI=1S/C20H22ClNO5/c1-4-26-17-9-8-15(11-18(17)25-3)20(24)27-12-19(23)22-13(2)14-6-5-7-16(21)10-14/h5-11,13H,4,12H2,1-3H3,(H,22,23)/t13-/m0/s1. The first-order valence-electron chi connectivity index (χ1n) is 8.47. The number of benzene rings is 2. The molecule has 0 spiro atoms. The van der Waals surface area contributed by atoms with Gasteiger partial charge in [-0.2, -0.15) is 0 Å². The number of rotatable bonds is 8. The monoisotopic (exact) mass is 391 g/mol. The first-order valence-corrected chi connectivity index (χ1v) is 8.85. The molecule has 0 radical (unpaired) electrons. The van der Waals surface area contributed by atoms with Crippen LogP contribution in [0.25, 0.3) is 0 Å². The lowest BCUT2D eigenvalue weighted by molar-refractivity contribution is -0.124. The van der Waals surface area contributed by atoms with Gasteiger partial charge >= 0.3 is 5.97 Å². The molecule has 0 saturated carbocycles. The minimum Gasteiger partial charge on any atom is -0.493 e.